The minimum Gasteiger partial charge on any atom is -0.497 e. The third-order valence-electron chi connectivity index (χ3n) is 3.69. The molecule has 0 aliphatic rings. The van der Waals surface area contributed by atoms with Crippen LogP contribution in [0, 0.1) is 0 Å². The highest BCUT2D eigenvalue weighted by atomic mass is 16.5. The second-order valence-electron chi connectivity index (χ2n) is 5.81. The van der Waals surface area contributed by atoms with E-state index in [1.54, 1.807) is 33.3 Å². The molecule has 0 aliphatic heterocycles. The maximum Gasteiger partial charge on any atom is 0.261 e. The minimum atomic E-state index is -0.658. The summed E-state index contributed by atoms with van der Waals surface area (Å²) >= 11 is 0. The van der Waals surface area contributed by atoms with Crippen molar-refractivity contribution in [1.29, 1.82) is 0 Å². The van der Waals surface area contributed by atoms with E-state index in [2.05, 4.69) is 5.32 Å². The van der Waals surface area contributed by atoms with Gasteiger partial charge in [0.1, 0.15) is 18.1 Å². The summed E-state index contributed by atoms with van der Waals surface area (Å²) < 4.78 is 21.7. The number of hydrogen-bond acceptors (Lipinski definition) is 5. The average molecular weight is 359 g/mol. The van der Waals surface area contributed by atoms with E-state index in [9.17, 15) is 4.79 Å². The third kappa shape index (κ3) is 5.58. The lowest BCUT2D eigenvalue weighted by molar-refractivity contribution is -0.128. The van der Waals surface area contributed by atoms with Crippen LogP contribution in [0.15, 0.2) is 48.5 Å². The molecule has 2 aromatic rings. The van der Waals surface area contributed by atoms with Gasteiger partial charge in [-0.1, -0.05) is 12.1 Å². The molecule has 0 unspecified atom stereocenters. The van der Waals surface area contributed by atoms with E-state index in [1.807, 2.05) is 43.3 Å². The number of carbonyl (C=O) groups excluding carboxylic acids is 1. The van der Waals surface area contributed by atoms with Gasteiger partial charge in [0.2, 0.25) is 0 Å². The zero-order chi connectivity index (χ0) is 18.9. The number of nitrogens with one attached hydrogen (secondary N) is 1. The van der Waals surface area contributed by atoms with Crippen molar-refractivity contribution in [2.75, 3.05) is 20.8 Å². The van der Waals surface area contributed by atoms with Crippen molar-refractivity contribution in [3.8, 4) is 23.0 Å². The maximum absolute atomic E-state index is 12.3. The van der Waals surface area contributed by atoms with Crippen molar-refractivity contribution in [3.63, 3.8) is 0 Å². The Labute approximate surface area is 154 Å². The first-order valence-electron chi connectivity index (χ1n) is 8.40. The first-order valence-corrected chi connectivity index (χ1v) is 8.40. The van der Waals surface area contributed by atoms with Gasteiger partial charge in [0.15, 0.2) is 17.6 Å². The van der Waals surface area contributed by atoms with Crippen molar-refractivity contribution in [2.24, 2.45) is 0 Å². The normalized spacial score (nSPS) is 12.6. The molecular weight excluding hydrogens is 334 g/mol. The van der Waals surface area contributed by atoms with Crippen LogP contribution in [0.1, 0.15) is 13.8 Å². The fraction of sp³-hybridized carbons (Fsp3) is 0.350. The van der Waals surface area contributed by atoms with E-state index in [-0.39, 0.29) is 11.9 Å². The minimum absolute atomic E-state index is 0.173. The van der Waals surface area contributed by atoms with Crippen LogP contribution in [0.3, 0.4) is 0 Å². The van der Waals surface area contributed by atoms with Crippen LogP contribution >= 0.6 is 0 Å². The van der Waals surface area contributed by atoms with Gasteiger partial charge in [-0.3, -0.25) is 4.79 Å². The molecule has 0 fully saturated rings. The van der Waals surface area contributed by atoms with Crippen molar-refractivity contribution >= 4 is 5.91 Å². The van der Waals surface area contributed by atoms with E-state index >= 15 is 0 Å². The Balaban J connectivity index is 1.81. The Bertz CT molecular complexity index is 702. The van der Waals surface area contributed by atoms with E-state index in [1.165, 1.54) is 0 Å². The van der Waals surface area contributed by atoms with Crippen LogP contribution in [0.5, 0.6) is 23.0 Å². The molecule has 1 amide bonds. The second-order valence-corrected chi connectivity index (χ2v) is 5.81. The second kappa shape index (κ2) is 9.56. The van der Waals surface area contributed by atoms with E-state index in [4.69, 9.17) is 18.9 Å². The summed E-state index contributed by atoms with van der Waals surface area (Å²) in [6, 6.07) is 14.3. The first kappa shape index (κ1) is 19.4. The van der Waals surface area contributed by atoms with Gasteiger partial charge in [-0.05, 0) is 50.2 Å². The Hall–Kier alpha value is -2.89. The van der Waals surface area contributed by atoms with Crippen LogP contribution in [-0.4, -0.2) is 38.9 Å². The quantitative estimate of drug-likeness (QED) is 0.745. The fourth-order valence-corrected chi connectivity index (χ4v) is 2.26. The van der Waals surface area contributed by atoms with Gasteiger partial charge in [0.05, 0.1) is 20.3 Å². The third-order valence-corrected chi connectivity index (χ3v) is 3.69. The van der Waals surface area contributed by atoms with Crippen LogP contribution in [0.4, 0.5) is 0 Å². The zero-order valence-corrected chi connectivity index (χ0v) is 15.5. The van der Waals surface area contributed by atoms with Crippen molar-refractivity contribution in [3.05, 3.63) is 48.5 Å². The lowest BCUT2D eigenvalue weighted by Gasteiger charge is -2.20. The zero-order valence-electron chi connectivity index (χ0n) is 15.5. The molecular formula is C20H25NO5. The van der Waals surface area contributed by atoms with Crippen LogP contribution < -0.4 is 24.3 Å². The molecule has 2 atom stereocenters. The topological polar surface area (TPSA) is 66.0 Å². The standard InChI is InChI=1S/C20H25NO5/c1-14(13-25-17-11-9-16(23-3)10-12-17)21-20(22)15(2)26-19-8-6-5-7-18(19)24-4/h5-12,14-15H,13H2,1-4H3,(H,21,22)/t14-,15-/m1/s1. The maximum atomic E-state index is 12.3. The molecule has 0 heterocycles. The van der Waals surface area contributed by atoms with Gasteiger partial charge in [0.25, 0.3) is 5.91 Å². The smallest absolute Gasteiger partial charge is 0.261 e. The largest absolute Gasteiger partial charge is 0.497 e. The molecule has 6 nitrogen and oxygen atoms in total. The summed E-state index contributed by atoms with van der Waals surface area (Å²) in [5.74, 6) is 2.37. The number of para-hydroxylation sites is 2. The molecule has 0 bridgehead atoms. The molecule has 1 N–H and O–H groups in total. The lowest BCUT2D eigenvalue weighted by Crippen LogP contribution is -2.43. The Morgan fingerprint density at radius 1 is 0.923 bits per heavy atom. The molecule has 0 radical (unpaired) electrons. The van der Waals surface area contributed by atoms with E-state index < -0.39 is 6.10 Å². The Morgan fingerprint density at radius 3 is 2.15 bits per heavy atom. The van der Waals surface area contributed by atoms with E-state index in [0.29, 0.717) is 23.9 Å². The number of ether oxygens (including phenoxy) is 4. The number of methoxy groups -OCH3 is 2. The molecule has 140 valence electrons. The van der Waals surface area contributed by atoms with Gasteiger partial charge >= 0.3 is 0 Å². The number of benzene rings is 2. The highest BCUT2D eigenvalue weighted by Crippen LogP contribution is 2.26. The molecule has 2 aromatic carbocycles. The Kier molecular flexibility index (Phi) is 7.14. The first-order chi connectivity index (χ1) is 12.5. The number of rotatable bonds is 9. The van der Waals surface area contributed by atoms with Crippen LogP contribution in [-0.2, 0) is 4.79 Å². The monoisotopic (exact) mass is 359 g/mol. The average Bonchev–Trinajstić information content (AvgIpc) is 2.67. The molecule has 0 saturated carbocycles. The predicted octanol–water partition coefficient (Wildman–Crippen LogP) is 3.05. The van der Waals surface area contributed by atoms with E-state index in [0.717, 1.165) is 5.75 Å². The fourth-order valence-electron chi connectivity index (χ4n) is 2.26. The summed E-state index contributed by atoms with van der Waals surface area (Å²) in [5.41, 5.74) is 0. The van der Waals surface area contributed by atoms with Gasteiger partial charge in [-0.2, -0.15) is 0 Å². The molecule has 2 rings (SSSR count). The summed E-state index contributed by atoms with van der Waals surface area (Å²) in [6.07, 6.45) is -0.658. The number of hydrogen-bond donors (Lipinski definition) is 1. The van der Waals surface area contributed by atoms with Crippen LogP contribution in [0.2, 0.25) is 0 Å². The van der Waals surface area contributed by atoms with Crippen molar-refractivity contribution < 1.29 is 23.7 Å². The van der Waals surface area contributed by atoms with Gasteiger partial charge < -0.3 is 24.3 Å². The predicted molar refractivity (Wildman–Crippen MR) is 99.2 cm³/mol. The highest BCUT2D eigenvalue weighted by molar-refractivity contribution is 5.81. The molecule has 0 saturated heterocycles. The molecule has 26 heavy (non-hydrogen) atoms. The van der Waals surface area contributed by atoms with Crippen molar-refractivity contribution in [2.45, 2.75) is 26.0 Å². The summed E-state index contributed by atoms with van der Waals surface area (Å²) in [6.45, 7) is 3.91. The molecule has 0 aliphatic carbocycles. The van der Waals surface area contributed by atoms with Gasteiger partial charge in [0, 0.05) is 0 Å². The van der Waals surface area contributed by atoms with Gasteiger partial charge in [-0.15, -0.1) is 0 Å². The summed E-state index contributed by atoms with van der Waals surface area (Å²) in [4.78, 5) is 12.3. The highest BCUT2D eigenvalue weighted by Gasteiger charge is 2.18. The van der Waals surface area contributed by atoms with Crippen LogP contribution in [0.25, 0.3) is 0 Å². The summed E-state index contributed by atoms with van der Waals surface area (Å²) in [7, 11) is 3.17. The lowest BCUT2D eigenvalue weighted by atomic mass is 10.3. The number of amides is 1. The summed E-state index contributed by atoms with van der Waals surface area (Å²) in [5, 5.41) is 2.88. The Morgan fingerprint density at radius 2 is 1.54 bits per heavy atom. The molecule has 0 spiro atoms. The SMILES string of the molecule is COc1ccc(OC[C@@H](C)NC(=O)[C@@H](C)Oc2ccccc2OC)cc1. The molecule has 0 aromatic heterocycles. The number of carbonyl (C=O) groups is 1. The van der Waals surface area contributed by atoms with Crippen molar-refractivity contribution in [1.82, 2.24) is 5.32 Å². The molecule has 6 heteroatoms. The van der Waals surface area contributed by atoms with Gasteiger partial charge in [-0.25, -0.2) is 0 Å².